The summed E-state index contributed by atoms with van der Waals surface area (Å²) in [4.78, 5) is 14.9. The average Bonchev–Trinajstić information content (AvgIpc) is 3.25. The number of aliphatic hydroxyl groups excluding tert-OH is 1. The lowest BCUT2D eigenvalue weighted by Gasteiger charge is -2.29. The van der Waals surface area contributed by atoms with Gasteiger partial charge in [-0.15, -0.1) is 0 Å². The van der Waals surface area contributed by atoms with Gasteiger partial charge in [-0.1, -0.05) is 38.7 Å². The molecule has 6 nitrogen and oxygen atoms in total. The highest BCUT2D eigenvalue weighted by Gasteiger charge is 2.27. The molecule has 2 aliphatic heterocycles. The van der Waals surface area contributed by atoms with Crippen LogP contribution >= 0.6 is 0 Å². The molecule has 2 N–H and O–H groups in total. The summed E-state index contributed by atoms with van der Waals surface area (Å²) >= 11 is 0. The van der Waals surface area contributed by atoms with Gasteiger partial charge in [-0.25, -0.2) is 0 Å². The van der Waals surface area contributed by atoms with Crippen LogP contribution in [0.1, 0.15) is 70.0 Å². The second kappa shape index (κ2) is 11.4. The quantitative estimate of drug-likeness (QED) is 0.434. The number of nitrogens with one attached hydrogen (secondary N) is 1. The Morgan fingerprint density at radius 3 is 2.59 bits per heavy atom. The van der Waals surface area contributed by atoms with Crippen LogP contribution in [0, 0.1) is 0 Å². The van der Waals surface area contributed by atoms with Crippen LogP contribution in [-0.4, -0.2) is 54.8 Å². The van der Waals surface area contributed by atoms with Gasteiger partial charge in [0.1, 0.15) is 19.3 Å². The lowest BCUT2D eigenvalue weighted by atomic mass is 10.0. The Morgan fingerprint density at radius 2 is 1.83 bits per heavy atom. The van der Waals surface area contributed by atoms with E-state index >= 15 is 0 Å². The SMILES string of the molecule is CCCC[13CH2][13CH2][13CH2][13C](=O)N[C@H](CN1CCCC1)[C@H](O)c1ccc2c(c1)OCCO2. The first-order chi connectivity index (χ1) is 14.2. The molecule has 162 valence electrons. The van der Waals surface area contributed by atoms with Gasteiger partial charge in [0.15, 0.2) is 11.5 Å². The maximum atomic E-state index is 12.5. The van der Waals surface area contributed by atoms with E-state index in [9.17, 15) is 9.90 Å². The van der Waals surface area contributed by atoms with E-state index in [0.29, 0.717) is 37.7 Å². The molecule has 0 unspecified atom stereocenters. The summed E-state index contributed by atoms with van der Waals surface area (Å²) in [5.41, 5.74) is 0.752. The molecule has 1 aromatic carbocycles. The first-order valence-corrected chi connectivity index (χ1v) is 11.3. The zero-order chi connectivity index (χ0) is 20.5. The van der Waals surface area contributed by atoms with Gasteiger partial charge >= 0.3 is 0 Å². The lowest BCUT2D eigenvalue weighted by Crippen LogP contribution is -2.46. The van der Waals surface area contributed by atoms with Gasteiger partial charge < -0.3 is 24.8 Å². The lowest BCUT2D eigenvalue weighted by molar-refractivity contribution is -0.123. The Balaban J connectivity index is 1.61. The Kier molecular flexibility index (Phi) is 8.62. The van der Waals surface area contributed by atoms with Crippen molar-refractivity contribution in [2.75, 3.05) is 32.8 Å². The number of fused-ring (bicyclic) bond motifs is 1. The number of likely N-dealkylation sites (tertiary alicyclic amines) is 1. The van der Waals surface area contributed by atoms with Crippen LogP contribution < -0.4 is 14.8 Å². The van der Waals surface area contributed by atoms with Crippen molar-refractivity contribution in [3.05, 3.63) is 23.8 Å². The summed E-state index contributed by atoms with van der Waals surface area (Å²) in [5, 5.41) is 14.2. The highest BCUT2D eigenvalue weighted by molar-refractivity contribution is 5.76. The van der Waals surface area contributed by atoms with Gasteiger partial charge in [0.2, 0.25) is 5.91 Å². The largest absolute Gasteiger partial charge is 0.486 e. The van der Waals surface area contributed by atoms with E-state index in [0.717, 1.165) is 31.5 Å². The number of carbonyl (C=O) groups is 1. The predicted octanol–water partition coefficient (Wildman–Crippen LogP) is 3.43. The number of aliphatic hydroxyl groups is 1. The van der Waals surface area contributed by atoms with Crippen molar-refractivity contribution < 1.29 is 19.4 Å². The summed E-state index contributed by atoms with van der Waals surface area (Å²) in [5.74, 6) is 1.40. The van der Waals surface area contributed by atoms with Crippen LogP contribution in [0.15, 0.2) is 18.2 Å². The maximum absolute atomic E-state index is 12.5. The molecule has 0 aliphatic carbocycles. The van der Waals surface area contributed by atoms with E-state index in [1.165, 1.54) is 32.1 Å². The first-order valence-electron chi connectivity index (χ1n) is 11.3. The monoisotopic (exact) mass is 408 g/mol. The summed E-state index contributed by atoms with van der Waals surface area (Å²) in [6, 6.07) is 5.22. The van der Waals surface area contributed by atoms with Crippen molar-refractivity contribution in [1.82, 2.24) is 10.2 Å². The van der Waals surface area contributed by atoms with E-state index < -0.39 is 6.10 Å². The average molecular weight is 409 g/mol. The van der Waals surface area contributed by atoms with E-state index in [-0.39, 0.29) is 11.9 Å². The molecule has 0 bridgehead atoms. The summed E-state index contributed by atoms with van der Waals surface area (Å²) < 4.78 is 11.2. The number of nitrogens with zero attached hydrogens (tertiary/aromatic N) is 1. The molecule has 0 aromatic heterocycles. The normalized spacial score (nSPS) is 18.4. The van der Waals surface area contributed by atoms with Gasteiger partial charge in [0.25, 0.3) is 0 Å². The highest BCUT2D eigenvalue weighted by Crippen LogP contribution is 2.33. The third-order valence-corrected chi connectivity index (χ3v) is 5.80. The molecule has 2 heterocycles. The van der Waals surface area contributed by atoms with Gasteiger partial charge in [-0.3, -0.25) is 4.79 Å². The fourth-order valence-corrected chi connectivity index (χ4v) is 4.11. The molecule has 0 spiro atoms. The number of amides is 1. The molecule has 2 atom stereocenters. The van der Waals surface area contributed by atoms with Gasteiger partial charge in [0.05, 0.1) is 6.04 Å². The number of hydrogen-bond acceptors (Lipinski definition) is 5. The Bertz CT molecular complexity index is 646. The van der Waals surface area contributed by atoms with Gasteiger partial charge in [0, 0.05) is 13.0 Å². The molecule has 1 aromatic rings. The topological polar surface area (TPSA) is 71.0 Å². The highest BCUT2D eigenvalue weighted by atomic mass is 16.6. The van der Waals surface area contributed by atoms with Crippen molar-refractivity contribution in [1.29, 1.82) is 0 Å². The van der Waals surface area contributed by atoms with Crippen molar-refractivity contribution in [2.45, 2.75) is 70.4 Å². The fraction of sp³-hybridized carbons (Fsp3) is 0.696. The number of carbonyl (C=O) groups excluding carboxylic acids is 1. The number of rotatable bonds is 11. The molecule has 1 saturated heterocycles. The predicted molar refractivity (Wildman–Crippen MR) is 113 cm³/mol. The summed E-state index contributed by atoms with van der Waals surface area (Å²) in [6.07, 6.45) is 7.69. The Morgan fingerprint density at radius 1 is 1.10 bits per heavy atom. The number of hydrogen-bond donors (Lipinski definition) is 2. The molecule has 3 rings (SSSR count). The Labute approximate surface area is 174 Å². The third kappa shape index (κ3) is 6.61. The minimum atomic E-state index is -0.782. The van der Waals surface area contributed by atoms with Crippen molar-refractivity contribution in [2.24, 2.45) is 0 Å². The zero-order valence-corrected chi connectivity index (χ0v) is 17.7. The minimum absolute atomic E-state index is 0.0299. The molecule has 2 aliphatic rings. The molecule has 0 saturated carbocycles. The van der Waals surface area contributed by atoms with Crippen LogP contribution in [0.2, 0.25) is 0 Å². The zero-order valence-electron chi connectivity index (χ0n) is 17.7. The Hall–Kier alpha value is -1.79. The fourth-order valence-electron chi connectivity index (χ4n) is 4.11. The number of ether oxygens (including phenoxy) is 2. The second-order valence-electron chi connectivity index (χ2n) is 8.19. The smallest absolute Gasteiger partial charge is 0.220 e. The first kappa shape index (κ1) is 21.9. The van der Waals surface area contributed by atoms with Crippen LogP contribution in [0.4, 0.5) is 0 Å². The van der Waals surface area contributed by atoms with E-state index in [1.807, 2.05) is 18.2 Å². The molecule has 1 fully saturated rings. The maximum Gasteiger partial charge on any atom is 0.220 e. The van der Waals surface area contributed by atoms with Crippen molar-refractivity contribution >= 4 is 5.91 Å². The van der Waals surface area contributed by atoms with Gasteiger partial charge in [-0.2, -0.15) is 0 Å². The van der Waals surface area contributed by atoms with Gasteiger partial charge in [-0.05, 0) is 50.0 Å². The van der Waals surface area contributed by atoms with E-state index in [1.54, 1.807) is 0 Å². The van der Waals surface area contributed by atoms with Crippen LogP contribution in [0.3, 0.4) is 0 Å². The van der Waals surface area contributed by atoms with Crippen LogP contribution in [0.5, 0.6) is 11.5 Å². The molecule has 1 amide bonds. The number of benzene rings is 1. The van der Waals surface area contributed by atoms with E-state index in [4.69, 9.17) is 9.47 Å². The second-order valence-corrected chi connectivity index (χ2v) is 8.19. The molecular formula is C23H36N2O4. The minimum Gasteiger partial charge on any atom is -0.486 e. The van der Waals surface area contributed by atoms with Crippen LogP contribution in [-0.2, 0) is 4.79 Å². The molecule has 0 radical (unpaired) electrons. The molecular weight excluding hydrogens is 372 g/mol. The summed E-state index contributed by atoms with van der Waals surface area (Å²) in [6.45, 7) is 5.96. The number of unbranched alkanes of at least 4 members (excludes halogenated alkanes) is 4. The third-order valence-electron chi connectivity index (χ3n) is 5.80. The van der Waals surface area contributed by atoms with E-state index in [2.05, 4.69) is 17.1 Å². The van der Waals surface area contributed by atoms with Crippen molar-refractivity contribution in [3.63, 3.8) is 0 Å². The van der Waals surface area contributed by atoms with Crippen molar-refractivity contribution in [3.8, 4) is 11.5 Å². The summed E-state index contributed by atoms with van der Waals surface area (Å²) in [7, 11) is 0. The van der Waals surface area contributed by atoms with Crippen LogP contribution in [0.25, 0.3) is 0 Å². The standard InChI is InChI=1S/C23H36N2O4/c1-2-3-4-5-6-9-22(26)24-19(17-25-12-7-8-13-25)23(27)18-10-11-20-21(16-18)29-15-14-28-20/h10-11,16,19,23,27H,2-9,12-15,17H2,1H3,(H,24,26)/t19-,23-/m1/s1/i5+1,6+1,9+1,22+1. The molecule has 6 heteroatoms. The molecule has 29 heavy (non-hydrogen) atoms.